The Morgan fingerprint density at radius 1 is 1.18 bits per heavy atom. The third kappa shape index (κ3) is 2.21. The highest BCUT2D eigenvalue weighted by atomic mass is 16.5. The van der Waals surface area contributed by atoms with Gasteiger partial charge in [0.2, 0.25) is 0 Å². The van der Waals surface area contributed by atoms with Crippen LogP contribution < -0.4 is 0 Å². The maximum Gasteiger partial charge on any atom is 0.0861 e. The molecule has 0 aromatic carbocycles. The van der Waals surface area contributed by atoms with E-state index in [1.165, 1.54) is 6.42 Å². The van der Waals surface area contributed by atoms with Gasteiger partial charge in [0.05, 0.1) is 23.2 Å². The molecule has 2 aliphatic carbocycles. The highest BCUT2D eigenvalue weighted by Gasteiger charge is 2.52. The van der Waals surface area contributed by atoms with Gasteiger partial charge < -0.3 is 9.84 Å². The summed E-state index contributed by atoms with van der Waals surface area (Å²) in [6.07, 6.45) is 8.58. The van der Waals surface area contributed by atoms with E-state index in [0.29, 0.717) is 6.42 Å². The summed E-state index contributed by atoms with van der Waals surface area (Å²) >= 11 is 0. The third-order valence-electron chi connectivity index (χ3n) is 4.83. The van der Waals surface area contributed by atoms with Crippen molar-refractivity contribution in [1.82, 2.24) is 0 Å². The fourth-order valence-corrected chi connectivity index (χ4v) is 3.68. The fraction of sp³-hybridized carbons (Fsp3) is 0.929. The Morgan fingerprint density at radius 3 is 2.47 bits per heavy atom. The Labute approximate surface area is 104 Å². The third-order valence-corrected chi connectivity index (χ3v) is 4.83. The molecule has 0 aromatic rings. The van der Waals surface area contributed by atoms with Gasteiger partial charge in [-0.2, -0.15) is 5.26 Å². The van der Waals surface area contributed by atoms with Gasteiger partial charge in [-0.3, -0.25) is 0 Å². The van der Waals surface area contributed by atoms with Gasteiger partial charge in [-0.15, -0.1) is 0 Å². The van der Waals surface area contributed by atoms with Gasteiger partial charge in [-0.25, -0.2) is 0 Å². The van der Waals surface area contributed by atoms with Crippen molar-refractivity contribution in [2.75, 3.05) is 7.11 Å². The molecule has 1 N–H and O–H groups in total. The van der Waals surface area contributed by atoms with Crippen molar-refractivity contribution in [2.24, 2.45) is 5.41 Å². The van der Waals surface area contributed by atoms with Crippen molar-refractivity contribution in [1.29, 1.82) is 5.26 Å². The molecule has 2 saturated carbocycles. The van der Waals surface area contributed by atoms with Gasteiger partial charge in [-0.1, -0.05) is 19.3 Å². The van der Waals surface area contributed by atoms with Gasteiger partial charge >= 0.3 is 0 Å². The molecule has 0 saturated heterocycles. The Kier molecular flexibility index (Phi) is 3.75. The van der Waals surface area contributed by atoms with E-state index in [2.05, 4.69) is 6.07 Å². The smallest absolute Gasteiger partial charge is 0.0861 e. The monoisotopic (exact) mass is 237 g/mol. The minimum Gasteiger partial charge on any atom is -0.388 e. The second kappa shape index (κ2) is 4.96. The lowest BCUT2D eigenvalue weighted by Gasteiger charge is -2.48. The molecule has 0 amide bonds. The molecule has 96 valence electrons. The molecular formula is C14H23NO2. The van der Waals surface area contributed by atoms with Crippen LogP contribution in [0.2, 0.25) is 0 Å². The topological polar surface area (TPSA) is 53.2 Å². The molecule has 2 unspecified atom stereocenters. The molecule has 2 atom stereocenters. The number of nitrogens with zero attached hydrogens (tertiary/aromatic N) is 1. The van der Waals surface area contributed by atoms with Crippen LogP contribution in [-0.4, -0.2) is 23.9 Å². The van der Waals surface area contributed by atoms with Crippen molar-refractivity contribution in [3.05, 3.63) is 0 Å². The average molecular weight is 237 g/mol. The first-order valence-electron chi connectivity index (χ1n) is 6.82. The molecule has 3 heteroatoms. The maximum atomic E-state index is 10.9. The van der Waals surface area contributed by atoms with Gasteiger partial charge in [0.1, 0.15) is 0 Å². The SMILES string of the molecule is COC1CCCC(O)(C2(C#N)CCCCC2)C1. The number of methoxy groups -OCH3 is 1. The molecule has 0 aromatic heterocycles. The average Bonchev–Trinajstić information content (AvgIpc) is 2.39. The molecule has 2 aliphatic rings. The van der Waals surface area contributed by atoms with E-state index in [1.807, 2.05) is 0 Å². The Balaban J connectivity index is 2.19. The van der Waals surface area contributed by atoms with Crippen molar-refractivity contribution < 1.29 is 9.84 Å². The molecule has 3 nitrogen and oxygen atoms in total. The predicted octanol–water partition coefficient (Wildman–Crippen LogP) is 2.78. The highest BCUT2D eigenvalue weighted by molar-refractivity contribution is 5.14. The van der Waals surface area contributed by atoms with Gasteiger partial charge in [-0.05, 0) is 32.1 Å². The summed E-state index contributed by atoms with van der Waals surface area (Å²) in [5, 5.41) is 20.5. The lowest BCUT2D eigenvalue weighted by molar-refractivity contribution is -0.129. The summed E-state index contributed by atoms with van der Waals surface area (Å²) in [4.78, 5) is 0. The molecule has 0 spiro atoms. The molecule has 0 radical (unpaired) electrons. The van der Waals surface area contributed by atoms with E-state index in [-0.39, 0.29) is 6.10 Å². The van der Waals surface area contributed by atoms with E-state index in [4.69, 9.17) is 4.74 Å². The van der Waals surface area contributed by atoms with Crippen molar-refractivity contribution >= 4 is 0 Å². The number of ether oxygens (including phenoxy) is 1. The number of rotatable bonds is 2. The lowest BCUT2D eigenvalue weighted by atomic mass is 9.59. The minimum atomic E-state index is -0.818. The standard InChI is InChI=1S/C14H23NO2/c1-17-12-6-5-9-14(16,10-12)13(11-15)7-3-2-4-8-13/h12,16H,2-10H2,1H3. The van der Waals surface area contributed by atoms with E-state index in [9.17, 15) is 10.4 Å². The fourth-order valence-electron chi connectivity index (χ4n) is 3.68. The maximum absolute atomic E-state index is 10.9. The van der Waals surface area contributed by atoms with Crippen molar-refractivity contribution in [3.63, 3.8) is 0 Å². The molecule has 0 heterocycles. The molecule has 2 fully saturated rings. The summed E-state index contributed by atoms with van der Waals surface area (Å²) in [7, 11) is 1.70. The van der Waals surface area contributed by atoms with Crippen LogP contribution >= 0.6 is 0 Å². The van der Waals surface area contributed by atoms with Crippen molar-refractivity contribution in [3.8, 4) is 6.07 Å². The Morgan fingerprint density at radius 2 is 1.88 bits per heavy atom. The number of hydrogen-bond acceptors (Lipinski definition) is 3. The van der Waals surface area contributed by atoms with Crippen LogP contribution in [0.25, 0.3) is 0 Å². The highest BCUT2D eigenvalue weighted by Crippen LogP contribution is 2.50. The lowest BCUT2D eigenvalue weighted by Crippen LogP contribution is -2.52. The van der Waals surface area contributed by atoms with E-state index >= 15 is 0 Å². The quantitative estimate of drug-likeness (QED) is 0.803. The van der Waals surface area contributed by atoms with E-state index in [0.717, 1.165) is 44.9 Å². The minimum absolute atomic E-state index is 0.126. The number of aliphatic hydroxyl groups is 1. The first-order valence-corrected chi connectivity index (χ1v) is 6.82. The summed E-state index contributed by atoms with van der Waals surface area (Å²) < 4.78 is 5.40. The second-order valence-corrected chi connectivity index (χ2v) is 5.74. The molecule has 17 heavy (non-hydrogen) atoms. The number of hydrogen-bond donors (Lipinski definition) is 1. The van der Waals surface area contributed by atoms with Crippen LogP contribution in [0.4, 0.5) is 0 Å². The van der Waals surface area contributed by atoms with Crippen LogP contribution in [0, 0.1) is 16.7 Å². The van der Waals surface area contributed by atoms with Gasteiger partial charge in [0.15, 0.2) is 0 Å². The summed E-state index contributed by atoms with van der Waals surface area (Å²) in [6.45, 7) is 0. The Hall–Kier alpha value is -0.590. The van der Waals surface area contributed by atoms with Crippen LogP contribution in [-0.2, 0) is 4.74 Å². The summed E-state index contributed by atoms with van der Waals surface area (Å²) in [5.41, 5.74) is -1.33. The van der Waals surface area contributed by atoms with Crippen molar-refractivity contribution in [2.45, 2.75) is 69.5 Å². The van der Waals surface area contributed by atoms with E-state index in [1.54, 1.807) is 7.11 Å². The zero-order chi connectivity index (χ0) is 12.4. The summed E-state index contributed by atoms with van der Waals surface area (Å²) in [5.74, 6) is 0. The molecular weight excluding hydrogens is 214 g/mol. The van der Waals surface area contributed by atoms with Crippen LogP contribution in [0.1, 0.15) is 57.8 Å². The summed E-state index contributed by atoms with van der Waals surface area (Å²) in [6, 6.07) is 2.47. The largest absolute Gasteiger partial charge is 0.388 e. The van der Waals surface area contributed by atoms with Gasteiger partial charge in [0, 0.05) is 13.5 Å². The van der Waals surface area contributed by atoms with Crippen LogP contribution in [0.3, 0.4) is 0 Å². The second-order valence-electron chi connectivity index (χ2n) is 5.74. The van der Waals surface area contributed by atoms with Gasteiger partial charge in [0.25, 0.3) is 0 Å². The zero-order valence-corrected chi connectivity index (χ0v) is 10.7. The first kappa shape index (κ1) is 12.9. The predicted molar refractivity (Wildman–Crippen MR) is 65.3 cm³/mol. The van der Waals surface area contributed by atoms with E-state index < -0.39 is 11.0 Å². The first-order chi connectivity index (χ1) is 8.16. The zero-order valence-electron chi connectivity index (χ0n) is 10.7. The number of nitriles is 1. The molecule has 0 bridgehead atoms. The van der Waals surface area contributed by atoms with Crippen LogP contribution in [0.5, 0.6) is 0 Å². The van der Waals surface area contributed by atoms with Crippen LogP contribution in [0.15, 0.2) is 0 Å². The Bertz CT molecular complexity index is 304. The molecule has 0 aliphatic heterocycles. The normalized spacial score (nSPS) is 37.4. The molecule has 2 rings (SSSR count).